The Hall–Kier alpha value is -2.95. The molecule has 0 aliphatic carbocycles. The highest BCUT2D eigenvalue weighted by Gasteiger charge is 2.18. The zero-order valence-corrected chi connectivity index (χ0v) is 16.4. The van der Waals surface area contributed by atoms with Crippen molar-refractivity contribution in [1.29, 1.82) is 0 Å². The van der Waals surface area contributed by atoms with Gasteiger partial charge in [-0.15, -0.1) is 0 Å². The summed E-state index contributed by atoms with van der Waals surface area (Å²) >= 11 is 0. The Morgan fingerprint density at radius 3 is 2.52 bits per heavy atom. The Morgan fingerprint density at radius 1 is 1.07 bits per heavy atom. The molecule has 0 radical (unpaired) electrons. The van der Waals surface area contributed by atoms with Gasteiger partial charge in [-0.1, -0.05) is 26.8 Å². The third kappa shape index (κ3) is 4.08. The molecular weight excluding hydrogens is 342 g/mol. The van der Waals surface area contributed by atoms with E-state index in [9.17, 15) is 4.79 Å². The van der Waals surface area contributed by atoms with Crippen molar-refractivity contribution >= 4 is 22.6 Å². The minimum absolute atomic E-state index is 0.0223. The molecule has 0 spiro atoms. The lowest BCUT2D eigenvalue weighted by molar-refractivity contribution is -0.115. The van der Waals surface area contributed by atoms with Crippen LogP contribution in [0.15, 0.2) is 47.1 Å². The monoisotopic (exact) mass is 367 g/mol. The molecule has 5 nitrogen and oxygen atoms in total. The number of carbonyl (C=O) groups is 1. The van der Waals surface area contributed by atoms with Gasteiger partial charge < -0.3 is 19.2 Å². The number of methoxy groups -OCH3 is 2. The molecule has 0 aliphatic rings. The highest BCUT2D eigenvalue weighted by Crippen LogP contribution is 2.32. The second kappa shape index (κ2) is 7.35. The minimum atomic E-state index is -0.127. The number of nitrogens with one attached hydrogen (secondary N) is 1. The number of hydrogen-bond acceptors (Lipinski definition) is 4. The fourth-order valence-electron chi connectivity index (χ4n) is 2.97. The van der Waals surface area contributed by atoms with Crippen molar-refractivity contribution in [1.82, 2.24) is 0 Å². The van der Waals surface area contributed by atoms with Crippen LogP contribution in [-0.4, -0.2) is 20.1 Å². The Labute approximate surface area is 159 Å². The molecule has 3 aromatic rings. The maximum atomic E-state index is 12.6. The van der Waals surface area contributed by atoms with Crippen LogP contribution in [0.5, 0.6) is 11.5 Å². The van der Waals surface area contributed by atoms with E-state index in [1.165, 1.54) is 0 Å². The predicted octanol–water partition coefficient (Wildman–Crippen LogP) is 4.93. The maximum absolute atomic E-state index is 12.6. The van der Waals surface area contributed by atoms with E-state index in [1.807, 2.05) is 36.4 Å². The molecule has 0 fully saturated rings. The molecule has 0 unspecified atom stereocenters. The van der Waals surface area contributed by atoms with Crippen LogP contribution in [0.1, 0.15) is 31.9 Å². The molecule has 0 atom stereocenters. The van der Waals surface area contributed by atoms with Gasteiger partial charge in [0.15, 0.2) is 0 Å². The highest BCUT2D eigenvalue weighted by atomic mass is 16.5. The average Bonchev–Trinajstić information content (AvgIpc) is 3.02. The molecule has 3 rings (SSSR count). The molecule has 2 aromatic carbocycles. The van der Waals surface area contributed by atoms with Crippen molar-refractivity contribution in [3.8, 4) is 11.5 Å². The Kier molecular flexibility index (Phi) is 5.13. The topological polar surface area (TPSA) is 60.7 Å². The first-order chi connectivity index (χ1) is 12.8. The maximum Gasteiger partial charge on any atom is 0.229 e. The summed E-state index contributed by atoms with van der Waals surface area (Å²) in [6.07, 6.45) is 1.83. The number of amides is 1. The first-order valence-corrected chi connectivity index (χ1v) is 8.84. The van der Waals surface area contributed by atoms with Gasteiger partial charge in [0.05, 0.1) is 32.6 Å². The number of anilines is 1. The van der Waals surface area contributed by atoms with Gasteiger partial charge in [-0.05, 0) is 35.2 Å². The van der Waals surface area contributed by atoms with E-state index < -0.39 is 0 Å². The summed E-state index contributed by atoms with van der Waals surface area (Å²) in [4.78, 5) is 12.6. The number of furan rings is 1. The standard InChI is InChI=1S/C22H25NO4/c1-22(2,3)15-6-9-19(26-5)18(11-15)23-21(24)10-14-13-27-20-12-16(25-4)7-8-17(14)20/h6-9,11-13H,10H2,1-5H3,(H,23,24). The van der Waals surface area contributed by atoms with Gasteiger partial charge in [-0.3, -0.25) is 4.79 Å². The van der Waals surface area contributed by atoms with Crippen molar-refractivity contribution in [3.05, 3.63) is 53.8 Å². The largest absolute Gasteiger partial charge is 0.497 e. The summed E-state index contributed by atoms with van der Waals surface area (Å²) in [5.74, 6) is 1.23. The fraction of sp³-hybridized carbons (Fsp3) is 0.318. The number of rotatable bonds is 5. The van der Waals surface area contributed by atoms with E-state index in [0.29, 0.717) is 17.0 Å². The summed E-state index contributed by atoms with van der Waals surface area (Å²) in [6.45, 7) is 6.39. The molecule has 1 heterocycles. The van der Waals surface area contributed by atoms with Crippen molar-refractivity contribution in [2.45, 2.75) is 32.6 Å². The predicted molar refractivity (Wildman–Crippen MR) is 107 cm³/mol. The van der Waals surface area contributed by atoms with E-state index in [1.54, 1.807) is 20.5 Å². The molecule has 1 aromatic heterocycles. The van der Waals surface area contributed by atoms with Crippen molar-refractivity contribution < 1.29 is 18.7 Å². The Bertz CT molecular complexity index is 966. The van der Waals surface area contributed by atoms with Crippen LogP contribution < -0.4 is 14.8 Å². The molecule has 1 N–H and O–H groups in total. The van der Waals surface area contributed by atoms with Crippen LogP contribution in [0, 0.1) is 0 Å². The third-order valence-corrected chi connectivity index (χ3v) is 4.55. The fourth-order valence-corrected chi connectivity index (χ4v) is 2.97. The molecular formula is C22H25NO4. The summed E-state index contributed by atoms with van der Waals surface area (Å²) in [5, 5.41) is 3.87. The Balaban J connectivity index is 1.82. The van der Waals surface area contributed by atoms with Gasteiger partial charge in [0.25, 0.3) is 0 Å². The Morgan fingerprint density at radius 2 is 1.85 bits per heavy atom. The summed E-state index contributed by atoms with van der Waals surface area (Å²) in [7, 11) is 3.20. The first kappa shape index (κ1) is 18.8. The second-order valence-electron chi connectivity index (χ2n) is 7.51. The van der Waals surface area contributed by atoms with E-state index in [-0.39, 0.29) is 17.7 Å². The lowest BCUT2D eigenvalue weighted by Crippen LogP contribution is -2.17. The van der Waals surface area contributed by atoms with E-state index in [4.69, 9.17) is 13.9 Å². The van der Waals surface area contributed by atoms with Crippen LogP contribution in [0.3, 0.4) is 0 Å². The van der Waals surface area contributed by atoms with Gasteiger partial charge in [0, 0.05) is 17.0 Å². The summed E-state index contributed by atoms with van der Waals surface area (Å²) in [5.41, 5.74) is 3.30. The van der Waals surface area contributed by atoms with Gasteiger partial charge in [-0.2, -0.15) is 0 Å². The van der Waals surface area contributed by atoms with Crippen LogP contribution in [0.2, 0.25) is 0 Å². The van der Waals surface area contributed by atoms with Gasteiger partial charge in [0.1, 0.15) is 17.1 Å². The number of benzene rings is 2. The number of carbonyl (C=O) groups excluding carboxylic acids is 1. The van der Waals surface area contributed by atoms with Gasteiger partial charge in [-0.25, -0.2) is 0 Å². The summed E-state index contributed by atoms with van der Waals surface area (Å²) in [6, 6.07) is 11.4. The number of hydrogen-bond donors (Lipinski definition) is 1. The zero-order valence-electron chi connectivity index (χ0n) is 16.4. The van der Waals surface area contributed by atoms with Crippen LogP contribution in [0.4, 0.5) is 5.69 Å². The molecule has 0 bridgehead atoms. The lowest BCUT2D eigenvalue weighted by Gasteiger charge is -2.21. The normalized spacial score (nSPS) is 11.4. The van der Waals surface area contributed by atoms with Crippen molar-refractivity contribution in [2.75, 3.05) is 19.5 Å². The third-order valence-electron chi connectivity index (χ3n) is 4.55. The van der Waals surface area contributed by atoms with Crippen LogP contribution in [0.25, 0.3) is 11.0 Å². The smallest absolute Gasteiger partial charge is 0.229 e. The molecule has 0 aliphatic heterocycles. The molecule has 0 saturated heterocycles. The molecule has 142 valence electrons. The van der Waals surface area contributed by atoms with Gasteiger partial charge >= 0.3 is 0 Å². The van der Waals surface area contributed by atoms with E-state index >= 15 is 0 Å². The highest BCUT2D eigenvalue weighted by molar-refractivity contribution is 5.96. The number of ether oxygens (including phenoxy) is 2. The minimum Gasteiger partial charge on any atom is -0.497 e. The number of fused-ring (bicyclic) bond motifs is 1. The molecule has 0 saturated carbocycles. The van der Waals surface area contributed by atoms with E-state index in [2.05, 4.69) is 26.1 Å². The molecule has 5 heteroatoms. The van der Waals surface area contributed by atoms with Crippen LogP contribution >= 0.6 is 0 Å². The van der Waals surface area contributed by atoms with Crippen LogP contribution in [-0.2, 0) is 16.6 Å². The van der Waals surface area contributed by atoms with E-state index in [0.717, 1.165) is 22.3 Å². The molecule has 27 heavy (non-hydrogen) atoms. The van der Waals surface area contributed by atoms with Gasteiger partial charge in [0.2, 0.25) is 5.91 Å². The quantitative estimate of drug-likeness (QED) is 0.695. The second-order valence-corrected chi connectivity index (χ2v) is 7.51. The molecule has 1 amide bonds. The van der Waals surface area contributed by atoms with Crippen molar-refractivity contribution in [3.63, 3.8) is 0 Å². The summed E-state index contributed by atoms with van der Waals surface area (Å²) < 4.78 is 16.2. The zero-order chi connectivity index (χ0) is 19.6. The SMILES string of the molecule is COc1ccc2c(CC(=O)Nc3cc(C(C)(C)C)ccc3OC)coc2c1. The average molecular weight is 367 g/mol. The lowest BCUT2D eigenvalue weighted by atomic mass is 9.87. The van der Waals surface area contributed by atoms with Crippen molar-refractivity contribution in [2.24, 2.45) is 0 Å². The first-order valence-electron chi connectivity index (χ1n) is 8.84.